The Morgan fingerprint density at radius 2 is 1.76 bits per heavy atom. The molecular weight excluding hydrogens is 356 g/mol. The van der Waals surface area contributed by atoms with E-state index in [1.807, 2.05) is 12.1 Å². The molecule has 0 saturated heterocycles. The van der Waals surface area contributed by atoms with E-state index < -0.39 is 0 Å². The minimum Gasteiger partial charge on any atom is -0.497 e. The Morgan fingerprint density at radius 3 is 2.52 bits per heavy atom. The number of fused-ring (bicyclic) bond motifs is 5. The lowest BCUT2D eigenvalue weighted by atomic mass is 9.45. The summed E-state index contributed by atoms with van der Waals surface area (Å²) in [5.74, 6) is 4.39. The number of ether oxygens (including phenoxy) is 1. The van der Waals surface area contributed by atoms with Gasteiger partial charge < -0.3 is 4.74 Å². The normalized spacial score (nSPS) is 42.9. The monoisotopic (exact) mass is 392 g/mol. The van der Waals surface area contributed by atoms with Crippen LogP contribution in [0.5, 0.6) is 5.75 Å². The fraction of sp³-hybridized carbons (Fsp3) is 0.667. The summed E-state index contributed by atoms with van der Waals surface area (Å²) in [6, 6.07) is 8.12. The second-order valence-corrected chi connectivity index (χ2v) is 10.8. The Hall–Kier alpha value is -1.57. The van der Waals surface area contributed by atoms with Crippen LogP contribution in [0.3, 0.4) is 0 Å². The van der Waals surface area contributed by atoms with E-state index in [2.05, 4.69) is 32.1 Å². The maximum atomic E-state index is 13.5. The van der Waals surface area contributed by atoms with Crippen LogP contribution in [0.25, 0.3) is 6.08 Å². The molecule has 0 radical (unpaired) electrons. The van der Waals surface area contributed by atoms with E-state index in [9.17, 15) is 4.79 Å². The van der Waals surface area contributed by atoms with Crippen LogP contribution in [-0.2, 0) is 4.79 Å². The molecule has 2 nitrogen and oxygen atoms in total. The van der Waals surface area contributed by atoms with Gasteiger partial charge in [0.2, 0.25) is 0 Å². The quantitative estimate of drug-likeness (QED) is 0.524. The van der Waals surface area contributed by atoms with Gasteiger partial charge in [-0.3, -0.25) is 4.79 Å². The summed E-state index contributed by atoms with van der Waals surface area (Å²) in [4.78, 5) is 13.5. The van der Waals surface area contributed by atoms with Gasteiger partial charge in [0.05, 0.1) is 7.11 Å². The average molecular weight is 393 g/mol. The van der Waals surface area contributed by atoms with Gasteiger partial charge in [0.25, 0.3) is 0 Å². The first-order chi connectivity index (χ1) is 14.0. The minimum atomic E-state index is -0.128. The lowest BCUT2D eigenvalue weighted by molar-refractivity contribution is -0.137. The summed E-state index contributed by atoms with van der Waals surface area (Å²) in [6.07, 6.45) is 14.0. The molecular formula is C27H36O2. The number of Topliss-reactive ketones (excluding diaryl/α,β-unsaturated/α-hetero) is 1. The summed E-state index contributed by atoms with van der Waals surface area (Å²) < 4.78 is 5.28. The smallest absolute Gasteiger partial charge is 0.165 e. The van der Waals surface area contributed by atoms with Crippen molar-refractivity contribution in [2.75, 3.05) is 7.11 Å². The van der Waals surface area contributed by atoms with E-state index in [4.69, 9.17) is 4.74 Å². The van der Waals surface area contributed by atoms with E-state index in [0.717, 1.165) is 47.5 Å². The third-order valence-electron chi connectivity index (χ3n) is 9.68. The molecule has 4 saturated carbocycles. The first-order valence-electron chi connectivity index (χ1n) is 11.8. The third-order valence-corrected chi connectivity index (χ3v) is 9.68. The molecule has 4 aliphatic rings. The molecule has 1 aromatic carbocycles. The fourth-order valence-electron chi connectivity index (χ4n) is 8.00. The first-order valence-corrected chi connectivity index (χ1v) is 11.8. The number of rotatable bonds is 2. The molecule has 0 N–H and O–H groups in total. The molecule has 0 aromatic heterocycles. The molecule has 156 valence electrons. The van der Waals surface area contributed by atoms with Gasteiger partial charge >= 0.3 is 0 Å². The molecule has 0 bridgehead atoms. The molecule has 29 heavy (non-hydrogen) atoms. The van der Waals surface area contributed by atoms with E-state index in [-0.39, 0.29) is 5.41 Å². The summed E-state index contributed by atoms with van der Waals surface area (Å²) in [6.45, 7) is 4.90. The minimum absolute atomic E-state index is 0.128. The van der Waals surface area contributed by atoms with Crippen LogP contribution in [0.2, 0.25) is 0 Å². The van der Waals surface area contributed by atoms with Gasteiger partial charge in [-0.1, -0.05) is 38.8 Å². The number of hydrogen-bond acceptors (Lipinski definition) is 2. The van der Waals surface area contributed by atoms with Crippen molar-refractivity contribution in [2.45, 2.75) is 71.6 Å². The van der Waals surface area contributed by atoms with E-state index in [1.54, 1.807) is 7.11 Å². The van der Waals surface area contributed by atoms with Crippen molar-refractivity contribution in [3.63, 3.8) is 0 Å². The summed E-state index contributed by atoms with van der Waals surface area (Å²) in [5.41, 5.74) is 2.60. The Labute approximate surface area is 176 Å². The molecule has 0 unspecified atom stereocenters. The van der Waals surface area contributed by atoms with Gasteiger partial charge in [-0.15, -0.1) is 0 Å². The van der Waals surface area contributed by atoms with Crippen LogP contribution >= 0.6 is 0 Å². The summed E-state index contributed by atoms with van der Waals surface area (Å²) in [5, 5.41) is 0. The van der Waals surface area contributed by atoms with Gasteiger partial charge in [0.15, 0.2) is 5.78 Å². The van der Waals surface area contributed by atoms with E-state index >= 15 is 0 Å². The fourth-order valence-corrected chi connectivity index (χ4v) is 8.00. The predicted molar refractivity (Wildman–Crippen MR) is 118 cm³/mol. The number of carbonyl (C=O) groups is 1. The molecule has 0 amide bonds. The molecule has 4 aliphatic carbocycles. The molecule has 6 atom stereocenters. The number of carbonyl (C=O) groups excluding carboxylic acids is 1. The highest BCUT2D eigenvalue weighted by molar-refractivity contribution is 6.05. The summed E-state index contributed by atoms with van der Waals surface area (Å²) >= 11 is 0. The van der Waals surface area contributed by atoms with Gasteiger partial charge in [0, 0.05) is 5.41 Å². The molecule has 2 heteroatoms. The van der Waals surface area contributed by atoms with Crippen LogP contribution in [0.1, 0.15) is 77.2 Å². The second-order valence-electron chi connectivity index (χ2n) is 10.8. The zero-order valence-corrected chi connectivity index (χ0v) is 18.4. The van der Waals surface area contributed by atoms with Crippen LogP contribution in [0.4, 0.5) is 0 Å². The second kappa shape index (κ2) is 7.00. The van der Waals surface area contributed by atoms with Crippen molar-refractivity contribution in [1.82, 2.24) is 0 Å². The molecule has 5 rings (SSSR count). The lowest BCUT2D eigenvalue weighted by Gasteiger charge is -2.59. The standard InChI is InChI=1S/C27H36O2/c1-26-14-5-4-6-20(26)9-12-22-23(26)13-15-27(2)24(22)17-19(25(27)28)16-18-7-10-21(29-3)11-8-18/h7-8,10-11,16,20,22-24H,4-6,9,12-15,17H2,1-3H3/b19-16+/t20-,22-,23+,24-,26+,27+/m1/s1. The Balaban J connectivity index is 1.43. The average Bonchev–Trinajstić information content (AvgIpc) is 2.99. The van der Waals surface area contributed by atoms with Gasteiger partial charge in [0.1, 0.15) is 5.75 Å². The van der Waals surface area contributed by atoms with Crippen molar-refractivity contribution in [2.24, 2.45) is 34.5 Å². The number of allylic oxidation sites excluding steroid dienone is 1. The Kier molecular flexibility index (Phi) is 4.68. The Morgan fingerprint density at radius 1 is 0.966 bits per heavy atom. The van der Waals surface area contributed by atoms with Crippen molar-refractivity contribution in [3.8, 4) is 5.75 Å². The predicted octanol–water partition coefficient (Wildman–Crippen LogP) is 6.69. The molecule has 0 aliphatic heterocycles. The van der Waals surface area contributed by atoms with E-state index in [1.165, 1.54) is 44.9 Å². The van der Waals surface area contributed by atoms with Crippen LogP contribution in [-0.4, -0.2) is 12.9 Å². The van der Waals surface area contributed by atoms with Gasteiger partial charge in [-0.25, -0.2) is 0 Å². The van der Waals surface area contributed by atoms with Crippen molar-refractivity contribution >= 4 is 11.9 Å². The third kappa shape index (κ3) is 2.93. The maximum Gasteiger partial charge on any atom is 0.165 e. The van der Waals surface area contributed by atoms with Gasteiger partial charge in [-0.2, -0.15) is 0 Å². The number of hydrogen-bond donors (Lipinski definition) is 0. The van der Waals surface area contributed by atoms with Crippen molar-refractivity contribution in [3.05, 3.63) is 35.4 Å². The van der Waals surface area contributed by atoms with Gasteiger partial charge in [-0.05, 0) is 103 Å². The molecule has 4 fully saturated rings. The number of methoxy groups -OCH3 is 1. The van der Waals surface area contributed by atoms with Crippen LogP contribution in [0.15, 0.2) is 29.8 Å². The maximum absolute atomic E-state index is 13.5. The highest BCUT2D eigenvalue weighted by atomic mass is 16.5. The number of benzene rings is 1. The Bertz CT molecular complexity index is 821. The van der Waals surface area contributed by atoms with Crippen molar-refractivity contribution in [1.29, 1.82) is 0 Å². The highest BCUT2D eigenvalue weighted by Crippen LogP contribution is 2.66. The zero-order chi connectivity index (χ0) is 20.2. The molecule has 1 aromatic rings. The zero-order valence-electron chi connectivity index (χ0n) is 18.4. The molecule has 0 heterocycles. The number of ketones is 1. The highest BCUT2D eigenvalue weighted by Gasteiger charge is 2.60. The lowest BCUT2D eigenvalue weighted by Crippen LogP contribution is -2.52. The van der Waals surface area contributed by atoms with Crippen LogP contribution < -0.4 is 4.74 Å². The largest absolute Gasteiger partial charge is 0.497 e. The van der Waals surface area contributed by atoms with Crippen LogP contribution in [0, 0.1) is 34.5 Å². The first kappa shape index (κ1) is 19.4. The summed E-state index contributed by atoms with van der Waals surface area (Å²) in [7, 11) is 1.69. The SMILES string of the molecule is COc1ccc(/C=C2\C[C@@H]3[C@@H]4CC[C@H]5CCCC[C@]5(C)[C@H]4CC[C@]3(C)C2=O)cc1. The topological polar surface area (TPSA) is 26.3 Å². The molecule has 0 spiro atoms. The van der Waals surface area contributed by atoms with Crippen molar-refractivity contribution < 1.29 is 9.53 Å². The van der Waals surface area contributed by atoms with E-state index in [0.29, 0.717) is 17.1 Å².